The van der Waals surface area contributed by atoms with E-state index < -0.39 is 0 Å². The van der Waals surface area contributed by atoms with Gasteiger partial charge in [-0.05, 0) is 15.0 Å². The summed E-state index contributed by atoms with van der Waals surface area (Å²) in [4.78, 5) is 0. The van der Waals surface area contributed by atoms with E-state index in [0.29, 0.717) is 0 Å². The number of nitrogens with zero attached hydrogens (tertiary/aromatic N) is 1. The molecule has 42 valence electrons. The quantitative estimate of drug-likeness (QED) is 0.499. The summed E-state index contributed by atoms with van der Waals surface area (Å²) in [6.07, 6.45) is 0. The Hall–Kier alpha value is 1.04. The van der Waals surface area contributed by atoms with Crippen LogP contribution in [0.15, 0.2) is 0 Å². The molecule has 0 spiro atoms. The predicted molar refractivity (Wildman–Crippen MR) is 42.3 cm³/mol. The van der Waals surface area contributed by atoms with Crippen LogP contribution in [0.1, 0.15) is 6.92 Å². The Labute approximate surface area is 60.6 Å². The smallest absolute Gasteiger partial charge is 0.0146 e. The Morgan fingerprint density at radius 2 is 2.29 bits per heavy atom. The molecule has 7 heavy (non-hydrogen) atoms. The highest BCUT2D eigenvalue weighted by Gasteiger charge is 2.21. The third-order valence-electron chi connectivity index (χ3n) is 1.13. The van der Waals surface area contributed by atoms with Crippen LogP contribution in [0.25, 0.3) is 0 Å². The Balaban J connectivity index is 2.06. The summed E-state index contributed by atoms with van der Waals surface area (Å²) in [6, 6.07) is 0. The minimum absolute atomic E-state index is 0.947. The van der Waals surface area contributed by atoms with Crippen molar-refractivity contribution in [3.8, 4) is 0 Å². The van der Waals surface area contributed by atoms with Gasteiger partial charge in [0, 0.05) is 34.3 Å². The molecule has 0 aromatic heterocycles. The fourth-order valence-electron chi connectivity index (χ4n) is 0.698. The Morgan fingerprint density at radius 3 is 2.43 bits per heavy atom. The lowest BCUT2D eigenvalue weighted by Crippen LogP contribution is -2.38. The maximum absolute atomic E-state index is 2.35. The van der Waals surface area contributed by atoms with Gasteiger partial charge in [0.25, 0.3) is 0 Å². The number of hydrogen-bond donors (Lipinski definition) is 0. The van der Waals surface area contributed by atoms with Crippen molar-refractivity contribution in [1.82, 2.24) is 4.31 Å². The highest BCUT2D eigenvalue weighted by molar-refractivity contribution is 14.2. The van der Waals surface area contributed by atoms with E-state index in [1.165, 1.54) is 13.1 Å². The third-order valence-corrected chi connectivity index (χ3v) is 3.29. The molecule has 0 saturated carbocycles. The summed E-state index contributed by atoms with van der Waals surface area (Å²) in [5, 5.41) is 0. The molecule has 0 aromatic carbocycles. The number of rotatable bonds is 1. The lowest BCUT2D eigenvalue weighted by Gasteiger charge is -2.33. The second kappa shape index (κ2) is 2.55. The second-order valence-corrected chi connectivity index (χ2v) is 3.86. The van der Waals surface area contributed by atoms with Gasteiger partial charge in [-0.25, -0.2) is 4.31 Å². The summed E-state index contributed by atoms with van der Waals surface area (Å²) in [7, 11) is 1.82. The van der Waals surface area contributed by atoms with Gasteiger partial charge < -0.3 is 0 Å². The van der Waals surface area contributed by atoms with Crippen molar-refractivity contribution < 1.29 is 0 Å². The summed E-state index contributed by atoms with van der Waals surface area (Å²) in [5.41, 5.74) is 0. The van der Waals surface area contributed by atoms with Crippen LogP contribution < -0.4 is 0 Å². The van der Waals surface area contributed by atoms with E-state index in [1.54, 1.807) is 0 Å². The Kier molecular flexibility index (Phi) is 2.24. The predicted octanol–water partition coefficient (Wildman–Crippen LogP) is 1.94. The molecule has 1 fully saturated rings. The van der Waals surface area contributed by atoms with Crippen LogP contribution in [-0.2, 0) is 0 Å². The third kappa shape index (κ3) is 1.47. The first kappa shape index (κ1) is 6.16. The first-order valence-electron chi connectivity index (χ1n) is 2.36. The lowest BCUT2D eigenvalue weighted by atomic mass is 10.1. The van der Waals surface area contributed by atoms with Crippen LogP contribution in [0.5, 0.6) is 0 Å². The average Bonchev–Trinajstić information content (AvgIpc) is 1.58. The van der Waals surface area contributed by atoms with Crippen molar-refractivity contribution in [3.05, 3.63) is 0 Å². The fourth-order valence-corrected chi connectivity index (χ4v) is 2.28. The molecule has 1 aliphatic rings. The van der Waals surface area contributed by atoms with Crippen LogP contribution in [0.3, 0.4) is 0 Å². The summed E-state index contributed by atoms with van der Waals surface area (Å²) in [6.45, 7) is 4.85. The molecular formula is C4H8INS. The van der Waals surface area contributed by atoms with Crippen LogP contribution in [0.2, 0.25) is 0 Å². The van der Waals surface area contributed by atoms with Crippen LogP contribution in [0.4, 0.5) is 0 Å². The van der Waals surface area contributed by atoms with Gasteiger partial charge >= 0.3 is 0 Å². The molecule has 0 N–H and O–H groups in total. The molecule has 0 amide bonds. The van der Waals surface area contributed by atoms with Gasteiger partial charge in [0.15, 0.2) is 0 Å². The molecule has 1 nitrogen and oxygen atoms in total. The lowest BCUT2D eigenvalue weighted by molar-refractivity contribution is 0.242. The zero-order valence-corrected chi connectivity index (χ0v) is 7.20. The van der Waals surface area contributed by atoms with Gasteiger partial charge in [-0.1, -0.05) is 6.92 Å². The molecule has 0 bridgehead atoms. The van der Waals surface area contributed by atoms with E-state index in [0.717, 1.165) is 5.92 Å². The molecule has 1 heterocycles. The SMILES string of the molecule is CC1CN(SI)C1. The zero-order chi connectivity index (χ0) is 5.28. The Morgan fingerprint density at radius 1 is 1.71 bits per heavy atom. The molecule has 1 rings (SSSR count). The first-order valence-corrected chi connectivity index (χ1v) is 5.68. The fraction of sp³-hybridized carbons (Fsp3) is 1.00. The maximum atomic E-state index is 2.35. The van der Waals surface area contributed by atoms with E-state index in [2.05, 4.69) is 32.4 Å². The average molecular weight is 229 g/mol. The van der Waals surface area contributed by atoms with E-state index in [9.17, 15) is 0 Å². The van der Waals surface area contributed by atoms with Crippen molar-refractivity contribution in [2.24, 2.45) is 5.92 Å². The van der Waals surface area contributed by atoms with E-state index >= 15 is 0 Å². The molecule has 0 aromatic rings. The standard InChI is InChI=1S/C4H8INS/c1-4-2-6(3-4)7-5/h4H,2-3H2,1H3. The van der Waals surface area contributed by atoms with Gasteiger partial charge in [0.1, 0.15) is 0 Å². The normalized spacial score (nSPS) is 24.9. The van der Waals surface area contributed by atoms with Gasteiger partial charge in [-0.15, -0.1) is 0 Å². The molecular weight excluding hydrogens is 221 g/mol. The molecule has 0 aliphatic carbocycles. The van der Waals surface area contributed by atoms with Gasteiger partial charge in [0.2, 0.25) is 0 Å². The van der Waals surface area contributed by atoms with Crippen molar-refractivity contribution in [2.45, 2.75) is 6.92 Å². The summed E-state index contributed by atoms with van der Waals surface area (Å²) in [5.74, 6) is 0.947. The first-order chi connectivity index (χ1) is 3.33. The minimum atomic E-state index is 0.947. The van der Waals surface area contributed by atoms with Crippen molar-refractivity contribution in [3.63, 3.8) is 0 Å². The molecule has 1 saturated heterocycles. The topological polar surface area (TPSA) is 3.24 Å². The van der Waals surface area contributed by atoms with Crippen LogP contribution in [0, 0.1) is 5.92 Å². The van der Waals surface area contributed by atoms with Gasteiger partial charge in [-0.2, -0.15) is 0 Å². The molecule has 0 atom stereocenters. The highest BCUT2D eigenvalue weighted by Crippen LogP contribution is 2.27. The minimum Gasteiger partial charge on any atom is -0.241 e. The Bertz CT molecular complexity index is 62.7. The van der Waals surface area contributed by atoms with E-state index in [-0.39, 0.29) is 0 Å². The zero-order valence-electron chi connectivity index (χ0n) is 4.22. The van der Waals surface area contributed by atoms with Crippen molar-refractivity contribution in [1.29, 1.82) is 0 Å². The van der Waals surface area contributed by atoms with E-state index in [4.69, 9.17) is 0 Å². The molecule has 1 aliphatic heterocycles. The van der Waals surface area contributed by atoms with Gasteiger partial charge in [-0.3, -0.25) is 0 Å². The van der Waals surface area contributed by atoms with Crippen molar-refractivity contribution >= 4 is 30.3 Å². The number of halogens is 1. The van der Waals surface area contributed by atoms with Crippen molar-refractivity contribution in [2.75, 3.05) is 13.1 Å². The molecule has 0 unspecified atom stereocenters. The largest absolute Gasteiger partial charge is 0.241 e. The summed E-state index contributed by atoms with van der Waals surface area (Å²) >= 11 is 2.32. The second-order valence-electron chi connectivity index (χ2n) is 2.02. The van der Waals surface area contributed by atoms with Crippen LogP contribution >= 0.6 is 30.3 Å². The molecule has 0 radical (unpaired) electrons. The maximum Gasteiger partial charge on any atom is 0.0146 e. The van der Waals surface area contributed by atoms with E-state index in [1.807, 2.05) is 9.12 Å². The highest BCUT2D eigenvalue weighted by atomic mass is 127. The summed E-state index contributed by atoms with van der Waals surface area (Å²) < 4.78 is 2.35. The van der Waals surface area contributed by atoms with Crippen LogP contribution in [-0.4, -0.2) is 17.4 Å². The molecule has 3 heteroatoms. The monoisotopic (exact) mass is 229 g/mol. The van der Waals surface area contributed by atoms with Gasteiger partial charge in [0.05, 0.1) is 0 Å². The number of hydrogen-bond acceptors (Lipinski definition) is 2.